The molecule has 1 aromatic carbocycles. The molecule has 6 heteroatoms. The van der Waals surface area contributed by atoms with Crippen molar-refractivity contribution < 1.29 is 4.79 Å². The first-order chi connectivity index (χ1) is 9.95. The highest BCUT2D eigenvalue weighted by molar-refractivity contribution is 7.09. The lowest BCUT2D eigenvalue weighted by molar-refractivity contribution is 0.249. The summed E-state index contributed by atoms with van der Waals surface area (Å²) in [5, 5.41) is 8.55. The van der Waals surface area contributed by atoms with Crippen molar-refractivity contribution in [1.29, 1.82) is 0 Å². The summed E-state index contributed by atoms with van der Waals surface area (Å²) in [5.74, 6) is 0. The van der Waals surface area contributed by atoms with Crippen molar-refractivity contribution in [2.24, 2.45) is 5.73 Å². The molecule has 0 saturated heterocycles. The molecule has 0 aliphatic heterocycles. The van der Waals surface area contributed by atoms with Crippen LogP contribution in [0.3, 0.4) is 0 Å². The number of carbonyl (C=O) groups is 1. The van der Waals surface area contributed by atoms with E-state index >= 15 is 0 Å². The van der Waals surface area contributed by atoms with E-state index in [9.17, 15) is 4.79 Å². The number of nitrogens with two attached hydrogens (primary N) is 1. The van der Waals surface area contributed by atoms with Crippen LogP contribution in [0.5, 0.6) is 0 Å². The smallest absolute Gasteiger partial charge is 0.319 e. The number of aromatic nitrogens is 1. The largest absolute Gasteiger partial charge is 0.329 e. The highest BCUT2D eigenvalue weighted by Gasteiger charge is 2.12. The summed E-state index contributed by atoms with van der Waals surface area (Å²) >= 11 is 1.54. The van der Waals surface area contributed by atoms with Crippen molar-refractivity contribution in [1.82, 2.24) is 10.3 Å². The molecule has 0 spiro atoms. The SMILES string of the molecule is Cc1csc(C(C)NC(=O)Nc2cccc(C(C)N)c2)n1. The van der Waals surface area contributed by atoms with Gasteiger partial charge in [-0.15, -0.1) is 11.3 Å². The molecule has 4 N–H and O–H groups in total. The minimum Gasteiger partial charge on any atom is -0.329 e. The van der Waals surface area contributed by atoms with Crippen LogP contribution in [0.2, 0.25) is 0 Å². The number of urea groups is 1. The fourth-order valence-electron chi connectivity index (χ4n) is 1.90. The van der Waals surface area contributed by atoms with Gasteiger partial charge in [0.25, 0.3) is 0 Å². The molecule has 0 fully saturated rings. The first-order valence-corrected chi connectivity index (χ1v) is 7.68. The van der Waals surface area contributed by atoms with Crippen LogP contribution in [0.25, 0.3) is 0 Å². The van der Waals surface area contributed by atoms with E-state index in [1.165, 1.54) is 0 Å². The molecule has 112 valence electrons. The van der Waals surface area contributed by atoms with Gasteiger partial charge >= 0.3 is 6.03 Å². The second-order valence-corrected chi connectivity index (χ2v) is 5.95. The van der Waals surface area contributed by atoms with Crippen molar-refractivity contribution in [3.63, 3.8) is 0 Å². The molecule has 5 nitrogen and oxygen atoms in total. The lowest BCUT2D eigenvalue weighted by Crippen LogP contribution is -2.31. The predicted octanol–water partition coefficient (Wildman–Crippen LogP) is 3.35. The van der Waals surface area contributed by atoms with E-state index in [-0.39, 0.29) is 18.1 Å². The lowest BCUT2D eigenvalue weighted by atomic mass is 10.1. The predicted molar refractivity (Wildman–Crippen MR) is 86.5 cm³/mol. The van der Waals surface area contributed by atoms with Crippen molar-refractivity contribution in [3.05, 3.63) is 45.9 Å². The van der Waals surface area contributed by atoms with Crippen LogP contribution >= 0.6 is 11.3 Å². The van der Waals surface area contributed by atoms with Crippen LogP contribution in [-0.4, -0.2) is 11.0 Å². The number of nitrogens with one attached hydrogen (secondary N) is 2. The first kappa shape index (κ1) is 15.5. The van der Waals surface area contributed by atoms with Gasteiger partial charge in [-0.2, -0.15) is 0 Å². The Morgan fingerprint density at radius 3 is 2.76 bits per heavy atom. The quantitative estimate of drug-likeness (QED) is 0.810. The molecule has 0 saturated carbocycles. The second-order valence-electron chi connectivity index (χ2n) is 5.06. The Morgan fingerprint density at radius 1 is 1.38 bits per heavy atom. The van der Waals surface area contributed by atoms with E-state index in [4.69, 9.17) is 5.73 Å². The second kappa shape index (κ2) is 6.69. The van der Waals surface area contributed by atoms with E-state index in [0.717, 1.165) is 22.0 Å². The molecule has 2 rings (SSSR count). The lowest BCUT2D eigenvalue weighted by Gasteiger charge is -2.13. The summed E-state index contributed by atoms with van der Waals surface area (Å²) < 4.78 is 0. The number of thiazole rings is 1. The number of nitrogens with zero attached hydrogens (tertiary/aromatic N) is 1. The van der Waals surface area contributed by atoms with Gasteiger partial charge in [0.05, 0.1) is 6.04 Å². The molecule has 0 radical (unpaired) electrons. The number of benzene rings is 1. The zero-order valence-electron chi connectivity index (χ0n) is 12.4. The number of hydrogen-bond acceptors (Lipinski definition) is 4. The molecule has 2 unspecified atom stereocenters. The first-order valence-electron chi connectivity index (χ1n) is 6.81. The molecule has 2 amide bonds. The third kappa shape index (κ3) is 4.27. The molecule has 21 heavy (non-hydrogen) atoms. The number of anilines is 1. The highest BCUT2D eigenvalue weighted by atomic mass is 32.1. The monoisotopic (exact) mass is 304 g/mol. The Bertz CT molecular complexity index is 624. The molecule has 0 aliphatic rings. The Hall–Kier alpha value is -1.92. The fourth-order valence-corrected chi connectivity index (χ4v) is 2.70. The van der Waals surface area contributed by atoms with E-state index in [1.54, 1.807) is 11.3 Å². The number of amides is 2. The fraction of sp³-hybridized carbons (Fsp3) is 0.333. The normalized spacial score (nSPS) is 13.5. The van der Waals surface area contributed by atoms with E-state index in [2.05, 4.69) is 15.6 Å². The molecular formula is C15H20N4OS. The van der Waals surface area contributed by atoms with Crippen molar-refractivity contribution in [3.8, 4) is 0 Å². The molecule has 0 aliphatic carbocycles. The van der Waals surface area contributed by atoms with Crippen LogP contribution in [-0.2, 0) is 0 Å². The van der Waals surface area contributed by atoms with Gasteiger partial charge in [-0.1, -0.05) is 12.1 Å². The summed E-state index contributed by atoms with van der Waals surface area (Å²) in [5.41, 5.74) is 8.51. The minimum atomic E-state index is -0.253. The maximum absolute atomic E-state index is 12.0. The molecule has 0 bridgehead atoms. The van der Waals surface area contributed by atoms with Crippen molar-refractivity contribution in [2.45, 2.75) is 32.9 Å². The minimum absolute atomic E-state index is 0.0629. The van der Waals surface area contributed by atoms with Crippen molar-refractivity contribution >= 4 is 23.1 Å². The van der Waals surface area contributed by atoms with Crippen LogP contribution in [0.4, 0.5) is 10.5 Å². The Morgan fingerprint density at radius 2 is 2.14 bits per heavy atom. The van der Waals surface area contributed by atoms with Crippen LogP contribution in [0.1, 0.15) is 42.2 Å². The Balaban J connectivity index is 1.97. The third-order valence-electron chi connectivity index (χ3n) is 3.03. The molecular weight excluding hydrogens is 284 g/mol. The zero-order chi connectivity index (χ0) is 15.4. The molecule has 1 heterocycles. The average Bonchev–Trinajstić information content (AvgIpc) is 2.85. The van der Waals surface area contributed by atoms with E-state index < -0.39 is 0 Å². The molecule has 2 aromatic rings. The number of aryl methyl sites for hydroxylation is 1. The maximum atomic E-state index is 12.0. The molecule has 1 aromatic heterocycles. The highest BCUT2D eigenvalue weighted by Crippen LogP contribution is 2.18. The van der Waals surface area contributed by atoms with Crippen molar-refractivity contribution in [2.75, 3.05) is 5.32 Å². The topological polar surface area (TPSA) is 80.0 Å². The number of rotatable bonds is 4. The van der Waals surface area contributed by atoms with Gasteiger partial charge < -0.3 is 16.4 Å². The summed E-state index contributed by atoms with van der Waals surface area (Å²) in [6, 6.07) is 7.09. The van der Waals surface area contributed by atoms with Gasteiger partial charge in [-0.25, -0.2) is 9.78 Å². The summed E-state index contributed by atoms with van der Waals surface area (Å²) in [6.07, 6.45) is 0. The van der Waals surface area contributed by atoms with Gasteiger partial charge in [0.1, 0.15) is 5.01 Å². The number of carbonyl (C=O) groups excluding carboxylic acids is 1. The maximum Gasteiger partial charge on any atom is 0.319 e. The van der Waals surface area contributed by atoms with Gasteiger partial charge in [0.15, 0.2) is 0 Å². The zero-order valence-corrected chi connectivity index (χ0v) is 13.2. The number of hydrogen-bond donors (Lipinski definition) is 3. The summed E-state index contributed by atoms with van der Waals surface area (Å²) in [7, 11) is 0. The molecule has 2 atom stereocenters. The van der Waals surface area contributed by atoms with Crippen LogP contribution in [0.15, 0.2) is 29.6 Å². The van der Waals surface area contributed by atoms with E-state index in [1.807, 2.05) is 50.4 Å². The summed E-state index contributed by atoms with van der Waals surface area (Å²) in [4.78, 5) is 16.4. The Kier molecular flexibility index (Phi) is 4.93. The van der Waals surface area contributed by atoms with Gasteiger partial charge in [-0.05, 0) is 38.5 Å². The van der Waals surface area contributed by atoms with E-state index in [0.29, 0.717) is 0 Å². The standard InChI is InChI=1S/C15H20N4OS/c1-9-8-21-14(17-9)11(3)18-15(20)19-13-6-4-5-12(7-13)10(2)16/h4-8,10-11H,16H2,1-3H3,(H2,18,19,20). The third-order valence-corrected chi connectivity index (χ3v) is 4.17. The van der Waals surface area contributed by atoms with Gasteiger partial charge in [-0.3, -0.25) is 0 Å². The van der Waals surface area contributed by atoms with Crippen LogP contribution < -0.4 is 16.4 Å². The van der Waals surface area contributed by atoms with Crippen LogP contribution in [0, 0.1) is 6.92 Å². The summed E-state index contributed by atoms with van der Waals surface area (Å²) in [6.45, 7) is 5.76. The Labute approximate surface area is 128 Å². The van der Waals surface area contributed by atoms with Gasteiger partial charge in [0.2, 0.25) is 0 Å². The van der Waals surface area contributed by atoms with Gasteiger partial charge in [0, 0.05) is 22.8 Å². The average molecular weight is 304 g/mol.